The molecule has 1 N–H and O–H groups in total. The van der Waals surface area contributed by atoms with Crippen molar-refractivity contribution in [3.63, 3.8) is 0 Å². The van der Waals surface area contributed by atoms with Gasteiger partial charge in [-0.05, 0) is 23.6 Å². The third-order valence-corrected chi connectivity index (χ3v) is 3.92. The van der Waals surface area contributed by atoms with Crippen LogP contribution in [0.25, 0.3) is 0 Å². The molecule has 21 heavy (non-hydrogen) atoms. The number of amides is 1. The Kier molecular flexibility index (Phi) is 4.31. The van der Waals surface area contributed by atoms with Crippen LogP contribution in [0.15, 0.2) is 54.6 Å². The van der Waals surface area contributed by atoms with E-state index in [-0.39, 0.29) is 5.91 Å². The van der Waals surface area contributed by atoms with E-state index >= 15 is 0 Å². The molecule has 2 aromatic carbocycles. The Bertz CT molecular complexity index is 610. The molecule has 0 spiro atoms. The Labute approximate surface area is 125 Å². The van der Waals surface area contributed by atoms with Crippen molar-refractivity contribution in [1.82, 2.24) is 10.2 Å². The lowest BCUT2D eigenvalue weighted by molar-refractivity contribution is 0.0741. The summed E-state index contributed by atoms with van der Waals surface area (Å²) in [5, 5.41) is 3.40. The fourth-order valence-corrected chi connectivity index (χ4v) is 2.73. The van der Waals surface area contributed by atoms with Crippen molar-refractivity contribution in [1.29, 1.82) is 0 Å². The molecule has 3 rings (SSSR count). The largest absolute Gasteiger partial charge is 0.337 e. The zero-order valence-corrected chi connectivity index (χ0v) is 12.1. The number of hydrogen-bond donors (Lipinski definition) is 1. The summed E-state index contributed by atoms with van der Waals surface area (Å²) in [7, 11) is 0. The number of fused-ring (bicyclic) bond motifs is 1. The summed E-state index contributed by atoms with van der Waals surface area (Å²) >= 11 is 0. The van der Waals surface area contributed by atoms with Crippen LogP contribution in [0.5, 0.6) is 0 Å². The predicted octanol–water partition coefficient (Wildman–Crippen LogP) is 2.47. The Hall–Kier alpha value is -2.13. The van der Waals surface area contributed by atoms with Gasteiger partial charge in [0.1, 0.15) is 0 Å². The Morgan fingerprint density at radius 1 is 1.00 bits per heavy atom. The number of hydrogen-bond acceptors (Lipinski definition) is 2. The third-order valence-electron chi connectivity index (χ3n) is 3.92. The molecular formula is C18H20N2O. The van der Waals surface area contributed by atoms with E-state index < -0.39 is 0 Å². The minimum atomic E-state index is 0.165. The summed E-state index contributed by atoms with van der Waals surface area (Å²) in [5.74, 6) is 0.165. The lowest BCUT2D eigenvalue weighted by atomic mass is 9.99. The summed E-state index contributed by atoms with van der Waals surface area (Å²) in [6.45, 7) is 3.26. The van der Waals surface area contributed by atoms with Gasteiger partial charge in [0.2, 0.25) is 0 Å². The molecule has 0 atom stereocenters. The molecule has 2 aromatic rings. The molecule has 1 aliphatic rings. The third kappa shape index (κ3) is 3.31. The van der Waals surface area contributed by atoms with Gasteiger partial charge in [-0.25, -0.2) is 0 Å². The van der Waals surface area contributed by atoms with Crippen LogP contribution in [0.4, 0.5) is 0 Å². The molecule has 1 heterocycles. The lowest BCUT2D eigenvalue weighted by Crippen LogP contribution is -2.41. The number of carbonyl (C=O) groups is 1. The van der Waals surface area contributed by atoms with E-state index in [0.717, 1.165) is 38.2 Å². The molecule has 0 saturated heterocycles. The first-order valence-electron chi connectivity index (χ1n) is 7.46. The standard InChI is InChI=1S/C18H20N2O/c21-18-17-9-5-4-8-16(17)10-12-20(18)13-11-19-14-15-6-2-1-3-7-15/h1-9,19H,10-14H2. The fraction of sp³-hybridized carbons (Fsp3) is 0.278. The molecule has 0 radical (unpaired) electrons. The average Bonchev–Trinajstić information content (AvgIpc) is 2.55. The highest BCUT2D eigenvalue weighted by Gasteiger charge is 2.22. The Morgan fingerprint density at radius 2 is 1.76 bits per heavy atom. The SMILES string of the molecule is O=C1c2ccccc2CCN1CCNCc1ccccc1. The predicted molar refractivity (Wildman–Crippen MR) is 84.2 cm³/mol. The van der Waals surface area contributed by atoms with Crippen LogP contribution in [0, 0.1) is 0 Å². The normalized spacial score (nSPS) is 14.1. The van der Waals surface area contributed by atoms with Gasteiger partial charge in [-0.1, -0.05) is 48.5 Å². The summed E-state index contributed by atoms with van der Waals surface area (Å²) in [4.78, 5) is 14.3. The van der Waals surface area contributed by atoms with Gasteiger partial charge in [-0.3, -0.25) is 4.79 Å². The van der Waals surface area contributed by atoms with Crippen LogP contribution < -0.4 is 5.32 Å². The van der Waals surface area contributed by atoms with Gasteiger partial charge in [0.05, 0.1) is 0 Å². The maximum Gasteiger partial charge on any atom is 0.254 e. The molecule has 108 valence electrons. The number of nitrogens with one attached hydrogen (secondary N) is 1. The summed E-state index contributed by atoms with van der Waals surface area (Å²) < 4.78 is 0. The second-order valence-electron chi connectivity index (χ2n) is 5.36. The molecule has 0 fully saturated rings. The van der Waals surface area contributed by atoms with E-state index in [4.69, 9.17) is 0 Å². The molecule has 0 saturated carbocycles. The zero-order chi connectivity index (χ0) is 14.5. The Balaban J connectivity index is 1.50. The smallest absolute Gasteiger partial charge is 0.254 e. The molecule has 1 aliphatic heterocycles. The quantitative estimate of drug-likeness (QED) is 0.853. The van der Waals surface area contributed by atoms with E-state index in [1.165, 1.54) is 11.1 Å². The van der Waals surface area contributed by atoms with Gasteiger partial charge >= 0.3 is 0 Å². The fourth-order valence-electron chi connectivity index (χ4n) is 2.73. The van der Waals surface area contributed by atoms with Crippen molar-refractivity contribution >= 4 is 5.91 Å². The average molecular weight is 280 g/mol. The first-order chi connectivity index (χ1) is 10.3. The van der Waals surface area contributed by atoms with Crippen LogP contribution in [-0.2, 0) is 13.0 Å². The highest BCUT2D eigenvalue weighted by atomic mass is 16.2. The second kappa shape index (κ2) is 6.55. The number of benzene rings is 2. The summed E-state index contributed by atoms with van der Waals surface area (Å²) in [5.41, 5.74) is 3.32. The van der Waals surface area contributed by atoms with Crippen LogP contribution in [0.2, 0.25) is 0 Å². The monoisotopic (exact) mass is 280 g/mol. The highest BCUT2D eigenvalue weighted by molar-refractivity contribution is 5.96. The number of nitrogens with zero attached hydrogens (tertiary/aromatic N) is 1. The second-order valence-corrected chi connectivity index (χ2v) is 5.36. The Morgan fingerprint density at radius 3 is 2.62 bits per heavy atom. The zero-order valence-electron chi connectivity index (χ0n) is 12.1. The number of carbonyl (C=O) groups excluding carboxylic acids is 1. The highest BCUT2D eigenvalue weighted by Crippen LogP contribution is 2.17. The molecule has 3 heteroatoms. The van der Waals surface area contributed by atoms with E-state index in [0.29, 0.717) is 0 Å². The van der Waals surface area contributed by atoms with Crippen molar-refractivity contribution < 1.29 is 4.79 Å². The maximum atomic E-state index is 12.4. The van der Waals surface area contributed by atoms with Crippen molar-refractivity contribution in [2.45, 2.75) is 13.0 Å². The van der Waals surface area contributed by atoms with Crippen LogP contribution >= 0.6 is 0 Å². The van der Waals surface area contributed by atoms with Crippen LogP contribution in [0.1, 0.15) is 21.5 Å². The lowest BCUT2D eigenvalue weighted by Gasteiger charge is -2.28. The minimum absolute atomic E-state index is 0.165. The molecule has 0 bridgehead atoms. The maximum absolute atomic E-state index is 12.4. The van der Waals surface area contributed by atoms with Gasteiger partial charge in [-0.2, -0.15) is 0 Å². The molecule has 0 unspecified atom stereocenters. The molecule has 0 aromatic heterocycles. The van der Waals surface area contributed by atoms with Crippen molar-refractivity contribution in [3.8, 4) is 0 Å². The van der Waals surface area contributed by atoms with Crippen LogP contribution in [0.3, 0.4) is 0 Å². The van der Waals surface area contributed by atoms with Gasteiger partial charge in [0.15, 0.2) is 0 Å². The van der Waals surface area contributed by atoms with Crippen molar-refractivity contribution in [3.05, 3.63) is 71.3 Å². The van der Waals surface area contributed by atoms with Gasteiger partial charge in [-0.15, -0.1) is 0 Å². The molecule has 3 nitrogen and oxygen atoms in total. The van der Waals surface area contributed by atoms with Gasteiger partial charge < -0.3 is 10.2 Å². The van der Waals surface area contributed by atoms with Gasteiger partial charge in [0.25, 0.3) is 5.91 Å². The minimum Gasteiger partial charge on any atom is -0.337 e. The van der Waals surface area contributed by atoms with Gasteiger partial charge in [0, 0.05) is 31.7 Å². The topological polar surface area (TPSA) is 32.3 Å². The first-order valence-corrected chi connectivity index (χ1v) is 7.46. The summed E-state index contributed by atoms with van der Waals surface area (Å²) in [6.07, 6.45) is 0.959. The van der Waals surface area contributed by atoms with E-state index in [9.17, 15) is 4.79 Å². The van der Waals surface area contributed by atoms with Crippen molar-refractivity contribution in [2.75, 3.05) is 19.6 Å². The van der Waals surface area contributed by atoms with E-state index in [1.54, 1.807) is 0 Å². The number of rotatable bonds is 5. The molecule has 1 amide bonds. The van der Waals surface area contributed by atoms with Crippen LogP contribution in [-0.4, -0.2) is 30.4 Å². The van der Waals surface area contributed by atoms with E-state index in [2.05, 4.69) is 23.5 Å². The summed E-state index contributed by atoms with van der Waals surface area (Å²) in [6, 6.07) is 18.2. The van der Waals surface area contributed by atoms with Crippen molar-refractivity contribution in [2.24, 2.45) is 0 Å². The first kappa shape index (κ1) is 13.8. The molecule has 0 aliphatic carbocycles. The van der Waals surface area contributed by atoms with E-state index in [1.807, 2.05) is 41.3 Å². The molecular weight excluding hydrogens is 260 g/mol.